The van der Waals surface area contributed by atoms with Crippen molar-refractivity contribution in [3.63, 3.8) is 0 Å². The number of aromatic amines is 1. The summed E-state index contributed by atoms with van der Waals surface area (Å²) in [5.41, 5.74) is 2.87. The maximum atomic E-state index is 10.7. The summed E-state index contributed by atoms with van der Waals surface area (Å²) in [5.74, 6) is -0.306. The van der Waals surface area contributed by atoms with Gasteiger partial charge in [0.25, 0.3) is 0 Å². The van der Waals surface area contributed by atoms with Crippen molar-refractivity contribution in [2.75, 3.05) is 5.32 Å². The molecule has 0 radical (unpaired) electrons. The second-order valence-electron chi connectivity index (χ2n) is 4.11. The summed E-state index contributed by atoms with van der Waals surface area (Å²) in [6.45, 7) is 4.00. The number of carboxylic acid groups (broad SMARTS) is 1. The molecule has 0 unspecified atom stereocenters. The Bertz CT molecular complexity index is 700. The average Bonchev–Trinajstić information content (AvgIpc) is 2.92. The van der Waals surface area contributed by atoms with Gasteiger partial charge in [-0.05, 0) is 36.4 Å². The predicted octanol–water partition coefficient (Wildman–Crippen LogP) is 4.03. The monoisotopic (exact) mass is 283 g/mol. The number of carbonyl (C=O) groups is 1. The lowest BCUT2D eigenvalue weighted by Gasteiger charge is -2.02. The van der Waals surface area contributed by atoms with E-state index >= 15 is 0 Å². The number of nitrogens with zero attached hydrogens (tertiary/aromatic N) is 1. The molecule has 2 aromatic carbocycles. The summed E-state index contributed by atoms with van der Waals surface area (Å²) in [7, 11) is 0. The highest BCUT2D eigenvalue weighted by Gasteiger charge is 2.04. The molecule has 0 saturated heterocycles. The molecule has 0 saturated carbocycles. The third-order valence-electron chi connectivity index (χ3n) is 2.78. The van der Waals surface area contributed by atoms with Gasteiger partial charge in [0.1, 0.15) is 0 Å². The Hall–Kier alpha value is -2.82. The zero-order valence-corrected chi connectivity index (χ0v) is 11.9. The zero-order valence-electron chi connectivity index (χ0n) is 11.9. The largest absolute Gasteiger partial charge is 0.478 e. The predicted molar refractivity (Wildman–Crippen MR) is 84.1 cm³/mol. The molecule has 5 heteroatoms. The van der Waals surface area contributed by atoms with Crippen LogP contribution in [0.4, 0.5) is 11.6 Å². The first kappa shape index (κ1) is 14.6. The third-order valence-corrected chi connectivity index (χ3v) is 2.78. The number of aromatic carboxylic acids is 1. The van der Waals surface area contributed by atoms with E-state index in [1.54, 1.807) is 24.3 Å². The molecule has 0 spiro atoms. The standard InChI is InChI=1S/C14H11N3O2.C2H6/c18-13(19)9-5-7-10(8-6-9)15-14-16-11-3-1-2-4-12(11)17-14;1-2/h1-8H,(H,18,19)(H2,15,16,17);1-2H3. The highest BCUT2D eigenvalue weighted by molar-refractivity contribution is 5.88. The van der Waals surface area contributed by atoms with Gasteiger partial charge in [-0.3, -0.25) is 0 Å². The number of benzene rings is 2. The van der Waals surface area contributed by atoms with Crippen molar-refractivity contribution in [1.29, 1.82) is 0 Å². The molecule has 3 aromatic rings. The minimum Gasteiger partial charge on any atom is -0.478 e. The van der Waals surface area contributed by atoms with Crippen LogP contribution in [0.5, 0.6) is 0 Å². The van der Waals surface area contributed by atoms with E-state index in [9.17, 15) is 4.79 Å². The molecule has 0 bridgehead atoms. The van der Waals surface area contributed by atoms with Crippen LogP contribution in [-0.4, -0.2) is 21.0 Å². The number of H-pyrrole nitrogens is 1. The summed E-state index contributed by atoms with van der Waals surface area (Å²) in [6, 6.07) is 14.2. The van der Waals surface area contributed by atoms with E-state index in [2.05, 4.69) is 15.3 Å². The molecular formula is C16H17N3O2. The molecule has 0 aliphatic carbocycles. The maximum absolute atomic E-state index is 10.7. The second kappa shape index (κ2) is 6.56. The lowest BCUT2D eigenvalue weighted by Crippen LogP contribution is -1.97. The van der Waals surface area contributed by atoms with Gasteiger partial charge in [0.2, 0.25) is 5.95 Å². The molecule has 3 N–H and O–H groups in total. The third kappa shape index (κ3) is 3.39. The number of nitrogens with one attached hydrogen (secondary N) is 2. The van der Waals surface area contributed by atoms with E-state index in [0.717, 1.165) is 16.7 Å². The zero-order chi connectivity index (χ0) is 15.2. The van der Waals surface area contributed by atoms with E-state index in [1.807, 2.05) is 38.1 Å². The lowest BCUT2D eigenvalue weighted by atomic mass is 10.2. The van der Waals surface area contributed by atoms with Gasteiger partial charge in [-0.2, -0.15) is 0 Å². The summed E-state index contributed by atoms with van der Waals surface area (Å²) >= 11 is 0. The fraction of sp³-hybridized carbons (Fsp3) is 0.125. The molecule has 0 aliphatic rings. The number of rotatable bonds is 3. The van der Waals surface area contributed by atoms with E-state index in [1.165, 1.54) is 0 Å². The summed E-state index contributed by atoms with van der Waals surface area (Å²) in [6.07, 6.45) is 0. The highest BCUT2D eigenvalue weighted by Crippen LogP contribution is 2.18. The Balaban J connectivity index is 0.000000774. The van der Waals surface area contributed by atoms with E-state index < -0.39 is 5.97 Å². The Morgan fingerprint density at radius 2 is 1.76 bits per heavy atom. The van der Waals surface area contributed by atoms with Gasteiger partial charge < -0.3 is 15.4 Å². The number of imidazole rings is 1. The molecule has 5 nitrogen and oxygen atoms in total. The SMILES string of the molecule is CC.O=C(O)c1ccc(Nc2nc3ccccc3[nH]2)cc1. The highest BCUT2D eigenvalue weighted by atomic mass is 16.4. The lowest BCUT2D eigenvalue weighted by molar-refractivity contribution is 0.0697. The van der Waals surface area contributed by atoms with Gasteiger partial charge >= 0.3 is 5.97 Å². The number of carboxylic acids is 1. The van der Waals surface area contributed by atoms with Gasteiger partial charge in [-0.1, -0.05) is 26.0 Å². The Morgan fingerprint density at radius 1 is 1.10 bits per heavy atom. The van der Waals surface area contributed by atoms with Crippen molar-refractivity contribution in [3.05, 3.63) is 54.1 Å². The fourth-order valence-corrected chi connectivity index (χ4v) is 1.84. The molecule has 1 aromatic heterocycles. The summed E-state index contributed by atoms with van der Waals surface area (Å²) in [4.78, 5) is 18.3. The van der Waals surface area contributed by atoms with Crippen LogP contribution in [0.25, 0.3) is 11.0 Å². The van der Waals surface area contributed by atoms with Crippen LogP contribution in [0.2, 0.25) is 0 Å². The normalized spacial score (nSPS) is 9.81. The number of aromatic nitrogens is 2. The summed E-state index contributed by atoms with van der Waals surface area (Å²) < 4.78 is 0. The average molecular weight is 283 g/mol. The van der Waals surface area contributed by atoms with Crippen molar-refractivity contribution in [2.24, 2.45) is 0 Å². The first-order valence-electron chi connectivity index (χ1n) is 6.77. The second-order valence-corrected chi connectivity index (χ2v) is 4.11. The van der Waals surface area contributed by atoms with E-state index in [0.29, 0.717) is 5.95 Å². The quantitative estimate of drug-likeness (QED) is 0.678. The van der Waals surface area contributed by atoms with Crippen LogP contribution in [0, 0.1) is 0 Å². The Kier molecular flexibility index (Phi) is 4.56. The van der Waals surface area contributed by atoms with Gasteiger partial charge in [0.05, 0.1) is 16.6 Å². The topological polar surface area (TPSA) is 78.0 Å². The number of fused-ring (bicyclic) bond motifs is 1. The van der Waals surface area contributed by atoms with Crippen molar-refractivity contribution in [2.45, 2.75) is 13.8 Å². The number of anilines is 2. The van der Waals surface area contributed by atoms with Crippen molar-refractivity contribution in [1.82, 2.24) is 9.97 Å². The molecule has 3 rings (SSSR count). The van der Waals surface area contributed by atoms with Crippen molar-refractivity contribution < 1.29 is 9.90 Å². The summed E-state index contributed by atoms with van der Waals surface area (Å²) in [5, 5.41) is 11.9. The smallest absolute Gasteiger partial charge is 0.335 e. The van der Waals surface area contributed by atoms with Crippen LogP contribution >= 0.6 is 0 Å². The number of para-hydroxylation sites is 2. The molecule has 0 aliphatic heterocycles. The van der Waals surface area contributed by atoms with Gasteiger partial charge in [-0.25, -0.2) is 9.78 Å². The Labute approximate surface area is 122 Å². The van der Waals surface area contributed by atoms with E-state index in [-0.39, 0.29) is 5.56 Å². The van der Waals surface area contributed by atoms with Gasteiger partial charge in [-0.15, -0.1) is 0 Å². The minimum atomic E-state index is -0.935. The van der Waals surface area contributed by atoms with E-state index in [4.69, 9.17) is 5.11 Å². The first-order valence-corrected chi connectivity index (χ1v) is 6.77. The molecular weight excluding hydrogens is 266 g/mol. The molecule has 21 heavy (non-hydrogen) atoms. The minimum absolute atomic E-state index is 0.259. The van der Waals surface area contributed by atoms with Gasteiger partial charge in [0, 0.05) is 5.69 Å². The maximum Gasteiger partial charge on any atom is 0.335 e. The molecule has 0 fully saturated rings. The van der Waals surface area contributed by atoms with Crippen LogP contribution in [0.15, 0.2) is 48.5 Å². The van der Waals surface area contributed by atoms with Crippen LogP contribution in [0.3, 0.4) is 0 Å². The van der Waals surface area contributed by atoms with Crippen LogP contribution < -0.4 is 5.32 Å². The molecule has 0 amide bonds. The molecule has 1 heterocycles. The van der Waals surface area contributed by atoms with Gasteiger partial charge in [0.15, 0.2) is 0 Å². The van der Waals surface area contributed by atoms with Crippen molar-refractivity contribution >= 4 is 28.6 Å². The van der Waals surface area contributed by atoms with Crippen LogP contribution in [0.1, 0.15) is 24.2 Å². The first-order chi connectivity index (χ1) is 10.2. The fourth-order valence-electron chi connectivity index (χ4n) is 1.84. The van der Waals surface area contributed by atoms with Crippen molar-refractivity contribution in [3.8, 4) is 0 Å². The Morgan fingerprint density at radius 3 is 2.38 bits per heavy atom. The number of hydrogen-bond acceptors (Lipinski definition) is 3. The molecule has 108 valence electrons. The molecule has 0 atom stereocenters. The number of hydrogen-bond donors (Lipinski definition) is 3. The van der Waals surface area contributed by atoms with Crippen LogP contribution in [-0.2, 0) is 0 Å².